The summed E-state index contributed by atoms with van der Waals surface area (Å²) >= 11 is 0. The van der Waals surface area contributed by atoms with E-state index < -0.39 is 12.5 Å². The second-order valence-electron chi connectivity index (χ2n) is 4.25. The molecule has 0 amide bonds. The molecular weight excluding hydrogens is 263 g/mol. The summed E-state index contributed by atoms with van der Waals surface area (Å²) in [6.07, 6.45) is -5.36. The Kier molecular flexibility index (Phi) is 4.28. The second kappa shape index (κ2) is 5.77. The van der Waals surface area contributed by atoms with Gasteiger partial charge in [-0.25, -0.2) is 0 Å². The summed E-state index contributed by atoms with van der Waals surface area (Å²) in [5, 5.41) is 12.5. The molecule has 2 rings (SSSR count). The summed E-state index contributed by atoms with van der Waals surface area (Å²) in [5.41, 5.74) is 0.374. The molecule has 0 aliphatic carbocycles. The number of aliphatic hydroxyl groups excluding tert-OH is 1. The smallest absolute Gasteiger partial charge is 0.405 e. The number of rotatable bonds is 4. The minimum Gasteiger partial charge on any atom is -0.405 e. The van der Waals surface area contributed by atoms with Gasteiger partial charge in [-0.05, 0) is 6.07 Å². The number of alkyl halides is 3. The van der Waals surface area contributed by atoms with E-state index in [2.05, 4.69) is 10.1 Å². The summed E-state index contributed by atoms with van der Waals surface area (Å²) < 4.78 is 45.7. The Morgan fingerprint density at radius 3 is 2.68 bits per heavy atom. The summed E-state index contributed by atoms with van der Waals surface area (Å²) in [6, 6.07) is 5.61. The van der Waals surface area contributed by atoms with E-state index in [0.29, 0.717) is 12.2 Å². The summed E-state index contributed by atoms with van der Waals surface area (Å²) in [4.78, 5) is 0. The largest absolute Gasteiger partial charge is 0.573 e. The lowest BCUT2D eigenvalue weighted by Crippen LogP contribution is -2.38. The molecule has 1 aliphatic heterocycles. The van der Waals surface area contributed by atoms with Gasteiger partial charge in [0.25, 0.3) is 0 Å². The van der Waals surface area contributed by atoms with Crippen LogP contribution in [0.3, 0.4) is 0 Å². The highest BCUT2D eigenvalue weighted by Crippen LogP contribution is 2.26. The van der Waals surface area contributed by atoms with Gasteiger partial charge < -0.3 is 19.9 Å². The van der Waals surface area contributed by atoms with Gasteiger partial charge in [-0.2, -0.15) is 0 Å². The van der Waals surface area contributed by atoms with E-state index in [0.717, 1.165) is 0 Å². The molecule has 2 atom stereocenters. The number of para-hydroxylation sites is 1. The van der Waals surface area contributed by atoms with Crippen molar-refractivity contribution in [1.29, 1.82) is 0 Å². The van der Waals surface area contributed by atoms with Crippen molar-refractivity contribution in [1.82, 2.24) is 5.32 Å². The highest BCUT2D eigenvalue weighted by Gasteiger charge is 2.32. The molecule has 19 heavy (non-hydrogen) atoms. The van der Waals surface area contributed by atoms with Crippen LogP contribution in [0.2, 0.25) is 0 Å². The Morgan fingerprint density at radius 1 is 1.32 bits per heavy atom. The number of halogens is 3. The maximum absolute atomic E-state index is 12.2. The third-order valence-electron chi connectivity index (χ3n) is 2.80. The number of hydrogen-bond donors (Lipinski definition) is 2. The highest BCUT2D eigenvalue weighted by molar-refractivity contribution is 5.33. The molecule has 1 saturated heterocycles. The molecule has 0 bridgehead atoms. The fourth-order valence-corrected chi connectivity index (χ4v) is 1.85. The van der Waals surface area contributed by atoms with Crippen LogP contribution in [0.25, 0.3) is 0 Å². The van der Waals surface area contributed by atoms with Gasteiger partial charge in [0.15, 0.2) is 0 Å². The monoisotopic (exact) mass is 277 g/mol. The molecule has 2 N–H and O–H groups in total. The highest BCUT2D eigenvalue weighted by atomic mass is 19.4. The van der Waals surface area contributed by atoms with Crippen molar-refractivity contribution in [3.8, 4) is 5.75 Å². The maximum Gasteiger partial charge on any atom is 0.573 e. The fourth-order valence-electron chi connectivity index (χ4n) is 1.85. The zero-order chi connectivity index (χ0) is 13.9. The summed E-state index contributed by atoms with van der Waals surface area (Å²) in [6.45, 7) is 0.735. The number of nitrogens with one attached hydrogen (secondary N) is 1. The standard InChI is InChI=1S/C12H14F3NO3/c13-12(14,15)19-11-4-2-1-3-8(11)5-16-9-6-18-7-10(9)17/h1-4,9-10,16-17H,5-7H2/t9-,10-/m0/s1. The molecule has 106 valence electrons. The van der Waals surface area contributed by atoms with Gasteiger partial charge in [-0.3, -0.25) is 0 Å². The van der Waals surface area contributed by atoms with E-state index in [1.165, 1.54) is 18.2 Å². The van der Waals surface area contributed by atoms with E-state index >= 15 is 0 Å². The Labute approximate surface area is 108 Å². The molecule has 0 unspecified atom stereocenters. The Morgan fingerprint density at radius 2 is 2.05 bits per heavy atom. The normalized spacial score (nSPS) is 23.6. The zero-order valence-corrected chi connectivity index (χ0v) is 9.98. The molecule has 7 heteroatoms. The van der Waals surface area contributed by atoms with Crippen LogP contribution in [0.1, 0.15) is 5.56 Å². The van der Waals surface area contributed by atoms with Gasteiger partial charge in [-0.1, -0.05) is 18.2 Å². The minimum absolute atomic E-state index is 0.164. The van der Waals surface area contributed by atoms with Crippen LogP contribution in [0, 0.1) is 0 Å². The second-order valence-corrected chi connectivity index (χ2v) is 4.25. The van der Waals surface area contributed by atoms with Crippen molar-refractivity contribution in [2.24, 2.45) is 0 Å². The van der Waals surface area contributed by atoms with Crippen molar-refractivity contribution < 1.29 is 27.8 Å². The van der Waals surface area contributed by atoms with Crippen LogP contribution in [0.4, 0.5) is 13.2 Å². The number of hydrogen-bond acceptors (Lipinski definition) is 4. The summed E-state index contributed by atoms with van der Waals surface area (Å²) in [5.74, 6) is -0.240. The summed E-state index contributed by atoms with van der Waals surface area (Å²) in [7, 11) is 0. The minimum atomic E-state index is -4.72. The quantitative estimate of drug-likeness (QED) is 0.874. The number of aliphatic hydroxyl groups is 1. The van der Waals surface area contributed by atoms with Crippen molar-refractivity contribution in [2.45, 2.75) is 25.1 Å². The van der Waals surface area contributed by atoms with Crippen LogP contribution >= 0.6 is 0 Å². The fraction of sp³-hybridized carbons (Fsp3) is 0.500. The lowest BCUT2D eigenvalue weighted by atomic mass is 10.1. The van der Waals surface area contributed by atoms with Gasteiger partial charge in [-0.15, -0.1) is 13.2 Å². The molecule has 0 spiro atoms. The maximum atomic E-state index is 12.2. The van der Waals surface area contributed by atoms with Gasteiger partial charge in [0.2, 0.25) is 0 Å². The topological polar surface area (TPSA) is 50.7 Å². The van der Waals surface area contributed by atoms with Crippen LogP contribution in [0.15, 0.2) is 24.3 Å². The number of ether oxygens (including phenoxy) is 2. The Hall–Kier alpha value is -1.31. The van der Waals surface area contributed by atoms with E-state index in [-0.39, 0.29) is 24.9 Å². The Bertz CT molecular complexity index is 425. The van der Waals surface area contributed by atoms with Crippen LogP contribution in [-0.2, 0) is 11.3 Å². The van der Waals surface area contributed by atoms with Gasteiger partial charge in [0.1, 0.15) is 5.75 Å². The lowest BCUT2D eigenvalue weighted by Gasteiger charge is -2.17. The molecule has 1 fully saturated rings. The van der Waals surface area contributed by atoms with Crippen molar-refractivity contribution in [2.75, 3.05) is 13.2 Å². The zero-order valence-electron chi connectivity index (χ0n) is 9.98. The first kappa shape index (κ1) is 14.1. The van der Waals surface area contributed by atoms with Crippen LogP contribution in [-0.4, -0.2) is 36.8 Å². The van der Waals surface area contributed by atoms with Gasteiger partial charge >= 0.3 is 6.36 Å². The predicted octanol–water partition coefficient (Wildman–Crippen LogP) is 1.43. The predicted molar refractivity (Wildman–Crippen MR) is 60.6 cm³/mol. The van der Waals surface area contributed by atoms with Crippen molar-refractivity contribution in [3.63, 3.8) is 0 Å². The number of benzene rings is 1. The average molecular weight is 277 g/mol. The molecular formula is C12H14F3NO3. The SMILES string of the molecule is O[C@H]1COC[C@@H]1NCc1ccccc1OC(F)(F)F. The molecule has 1 aliphatic rings. The molecule has 1 aromatic carbocycles. The Balaban J connectivity index is 1.99. The van der Waals surface area contributed by atoms with Crippen LogP contribution < -0.4 is 10.1 Å². The van der Waals surface area contributed by atoms with E-state index in [1.807, 2.05) is 0 Å². The molecule has 0 saturated carbocycles. The molecule has 0 radical (unpaired) electrons. The third kappa shape index (κ3) is 4.09. The first-order valence-electron chi connectivity index (χ1n) is 5.78. The molecule has 4 nitrogen and oxygen atoms in total. The van der Waals surface area contributed by atoms with E-state index in [9.17, 15) is 18.3 Å². The van der Waals surface area contributed by atoms with E-state index in [4.69, 9.17) is 4.74 Å². The molecule has 1 heterocycles. The average Bonchev–Trinajstić information content (AvgIpc) is 2.72. The third-order valence-corrected chi connectivity index (χ3v) is 2.80. The van der Waals surface area contributed by atoms with Crippen molar-refractivity contribution >= 4 is 0 Å². The van der Waals surface area contributed by atoms with E-state index in [1.54, 1.807) is 6.07 Å². The van der Waals surface area contributed by atoms with Crippen molar-refractivity contribution in [3.05, 3.63) is 29.8 Å². The first-order valence-corrected chi connectivity index (χ1v) is 5.78. The molecule has 0 aromatic heterocycles. The lowest BCUT2D eigenvalue weighted by molar-refractivity contribution is -0.274. The van der Waals surface area contributed by atoms with Crippen LogP contribution in [0.5, 0.6) is 5.75 Å². The first-order chi connectivity index (χ1) is 8.96. The molecule has 1 aromatic rings. The van der Waals surface area contributed by atoms with Gasteiger partial charge in [0.05, 0.1) is 25.4 Å². The van der Waals surface area contributed by atoms with Gasteiger partial charge in [0, 0.05) is 12.1 Å².